The van der Waals surface area contributed by atoms with Crippen molar-refractivity contribution in [3.05, 3.63) is 112 Å². The number of likely N-dealkylation sites (tertiary alicyclic amines) is 1. The lowest BCUT2D eigenvalue weighted by atomic mass is 9.87. The third-order valence-corrected chi connectivity index (χ3v) is 8.98. The SMILES string of the molecule is COc1cc(C(=O)NCC(O)(c2cc(C3CN(CCc4ccccc4)C3)cc(-c3ccc(F)c(Cl)c3)n2)C(F)(F)F)ccc1OC1CC1. The third kappa shape index (κ3) is 7.43. The van der Waals surface area contributed by atoms with Crippen molar-refractivity contribution < 1.29 is 36.9 Å². The van der Waals surface area contributed by atoms with Gasteiger partial charge in [0.1, 0.15) is 5.82 Å². The lowest BCUT2D eigenvalue weighted by Crippen LogP contribution is -2.52. The van der Waals surface area contributed by atoms with E-state index in [1.165, 1.54) is 49.1 Å². The quantitative estimate of drug-likeness (QED) is 0.158. The molecular weight excluding hydrogens is 650 g/mol. The molecule has 2 heterocycles. The van der Waals surface area contributed by atoms with Gasteiger partial charge in [-0.2, -0.15) is 13.2 Å². The van der Waals surface area contributed by atoms with E-state index in [1.807, 2.05) is 30.3 Å². The van der Waals surface area contributed by atoms with E-state index >= 15 is 0 Å². The molecule has 0 bridgehead atoms. The van der Waals surface area contributed by atoms with Crippen LogP contribution in [0.3, 0.4) is 0 Å². The van der Waals surface area contributed by atoms with E-state index in [-0.39, 0.29) is 39.6 Å². The van der Waals surface area contributed by atoms with Gasteiger partial charge in [0, 0.05) is 36.7 Å². The van der Waals surface area contributed by atoms with Crippen LogP contribution in [0, 0.1) is 5.82 Å². The number of benzene rings is 3. The zero-order valence-corrected chi connectivity index (χ0v) is 26.8. The molecule has 12 heteroatoms. The number of carbonyl (C=O) groups excluding carboxylic acids is 1. The Morgan fingerprint density at radius 1 is 1.02 bits per heavy atom. The van der Waals surface area contributed by atoms with Crippen LogP contribution in [0.15, 0.2) is 78.9 Å². The number of hydrogen-bond acceptors (Lipinski definition) is 6. The van der Waals surface area contributed by atoms with Crippen LogP contribution in [-0.4, -0.2) is 66.5 Å². The van der Waals surface area contributed by atoms with Crippen LogP contribution in [0.4, 0.5) is 17.6 Å². The average Bonchev–Trinajstić information content (AvgIpc) is 3.88. The summed E-state index contributed by atoms with van der Waals surface area (Å²) in [5.41, 5.74) is -2.18. The number of ether oxygens (including phenoxy) is 2. The van der Waals surface area contributed by atoms with Crippen LogP contribution in [-0.2, 0) is 12.0 Å². The molecule has 252 valence electrons. The third-order valence-electron chi connectivity index (χ3n) is 8.69. The lowest BCUT2D eigenvalue weighted by Gasteiger charge is -2.40. The molecule has 1 unspecified atom stereocenters. The number of amides is 1. The number of nitrogens with one attached hydrogen (secondary N) is 1. The summed E-state index contributed by atoms with van der Waals surface area (Å²) in [6, 6.07) is 20.9. The fourth-order valence-electron chi connectivity index (χ4n) is 5.62. The maximum atomic E-state index is 14.8. The second-order valence-corrected chi connectivity index (χ2v) is 12.6. The Morgan fingerprint density at radius 2 is 1.77 bits per heavy atom. The van der Waals surface area contributed by atoms with Crippen LogP contribution >= 0.6 is 11.6 Å². The highest BCUT2D eigenvalue weighted by Gasteiger charge is 2.56. The van der Waals surface area contributed by atoms with Gasteiger partial charge < -0.3 is 24.8 Å². The number of alkyl halides is 3. The molecule has 4 aromatic rings. The van der Waals surface area contributed by atoms with Gasteiger partial charge in [-0.3, -0.25) is 4.79 Å². The van der Waals surface area contributed by atoms with Crippen molar-refractivity contribution in [3.8, 4) is 22.8 Å². The fraction of sp³-hybridized carbons (Fsp3) is 0.333. The first-order valence-electron chi connectivity index (χ1n) is 15.6. The maximum absolute atomic E-state index is 14.8. The Balaban J connectivity index is 1.26. The topological polar surface area (TPSA) is 83.9 Å². The van der Waals surface area contributed by atoms with Crippen molar-refractivity contribution in [1.29, 1.82) is 0 Å². The number of halogens is 5. The summed E-state index contributed by atoms with van der Waals surface area (Å²) in [6.45, 7) is 0.731. The van der Waals surface area contributed by atoms with Crippen LogP contribution in [0.2, 0.25) is 5.02 Å². The lowest BCUT2D eigenvalue weighted by molar-refractivity contribution is -0.265. The fourth-order valence-corrected chi connectivity index (χ4v) is 5.80. The molecule has 2 aliphatic rings. The summed E-state index contributed by atoms with van der Waals surface area (Å²) in [6.07, 6.45) is -2.54. The summed E-state index contributed by atoms with van der Waals surface area (Å²) >= 11 is 6.01. The smallest absolute Gasteiger partial charge is 0.424 e. The van der Waals surface area contributed by atoms with Gasteiger partial charge in [0.15, 0.2) is 11.5 Å². The number of carbonyl (C=O) groups is 1. The summed E-state index contributed by atoms with van der Waals surface area (Å²) in [5, 5.41) is 13.4. The molecule has 6 rings (SSSR count). The largest absolute Gasteiger partial charge is 0.493 e. The number of nitrogens with zero attached hydrogens (tertiary/aromatic N) is 2. The molecule has 0 radical (unpaired) electrons. The Labute approximate surface area is 280 Å². The molecule has 1 atom stereocenters. The molecule has 1 aliphatic carbocycles. The van der Waals surface area contributed by atoms with Gasteiger partial charge in [-0.25, -0.2) is 9.37 Å². The number of rotatable bonds is 12. The molecule has 1 aromatic heterocycles. The average molecular weight is 684 g/mol. The summed E-state index contributed by atoms with van der Waals surface area (Å²) in [5.74, 6) is -1.01. The van der Waals surface area contributed by atoms with Gasteiger partial charge in [-0.05, 0) is 78.9 Å². The molecule has 2 N–H and O–H groups in total. The summed E-state index contributed by atoms with van der Waals surface area (Å²) in [4.78, 5) is 19.5. The Hall–Kier alpha value is -4.19. The molecule has 1 saturated heterocycles. The van der Waals surface area contributed by atoms with E-state index in [1.54, 1.807) is 6.07 Å². The van der Waals surface area contributed by atoms with E-state index in [2.05, 4.69) is 15.2 Å². The maximum Gasteiger partial charge on any atom is 0.424 e. The predicted octanol–water partition coefficient (Wildman–Crippen LogP) is 6.91. The predicted molar refractivity (Wildman–Crippen MR) is 173 cm³/mol. The normalized spacial score (nSPS) is 16.6. The first-order chi connectivity index (χ1) is 22.9. The zero-order valence-electron chi connectivity index (χ0n) is 26.1. The van der Waals surface area contributed by atoms with Gasteiger partial charge in [0.25, 0.3) is 5.91 Å². The van der Waals surface area contributed by atoms with Crippen LogP contribution in [0.25, 0.3) is 11.3 Å². The Morgan fingerprint density at radius 3 is 2.44 bits per heavy atom. The van der Waals surface area contributed by atoms with Crippen molar-refractivity contribution in [1.82, 2.24) is 15.2 Å². The minimum Gasteiger partial charge on any atom is -0.493 e. The van der Waals surface area contributed by atoms with Gasteiger partial charge in [-0.1, -0.05) is 41.9 Å². The summed E-state index contributed by atoms with van der Waals surface area (Å²) < 4.78 is 69.4. The number of hydrogen-bond donors (Lipinski definition) is 2. The van der Waals surface area contributed by atoms with E-state index in [0.29, 0.717) is 24.4 Å². The first-order valence-corrected chi connectivity index (χ1v) is 16.0. The van der Waals surface area contributed by atoms with Crippen LogP contribution in [0.5, 0.6) is 11.5 Å². The molecule has 1 aliphatic heterocycles. The van der Waals surface area contributed by atoms with Gasteiger partial charge in [0.2, 0.25) is 5.60 Å². The highest BCUT2D eigenvalue weighted by Crippen LogP contribution is 2.41. The Kier molecular flexibility index (Phi) is 9.64. The van der Waals surface area contributed by atoms with E-state index < -0.39 is 35.7 Å². The van der Waals surface area contributed by atoms with Crippen LogP contribution < -0.4 is 14.8 Å². The van der Waals surface area contributed by atoms with Crippen molar-refractivity contribution in [3.63, 3.8) is 0 Å². The number of pyridine rings is 1. The highest BCUT2D eigenvalue weighted by molar-refractivity contribution is 6.31. The Bertz CT molecular complexity index is 1780. The monoisotopic (exact) mass is 683 g/mol. The summed E-state index contributed by atoms with van der Waals surface area (Å²) in [7, 11) is 1.40. The second-order valence-electron chi connectivity index (χ2n) is 12.2. The molecule has 48 heavy (non-hydrogen) atoms. The second kappa shape index (κ2) is 13.7. The van der Waals surface area contributed by atoms with Gasteiger partial charge >= 0.3 is 6.18 Å². The minimum absolute atomic E-state index is 0.0212. The molecule has 1 saturated carbocycles. The molecule has 3 aromatic carbocycles. The zero-order chi connectivity index (χ0) is 34.1. The molecule has 0 spiro atoms. The first kappa shape index (κ1) is 33.7. The van der Waals surface area contributed by atoms with Crippen molar-refractivity contribution in [2.45, 2.75) is 43.1 Å². The molecule has 1 amide bonds. The number of aliphatic hydroxyl groups is 1. The van der Waals surface area contributed by atoms with Gasteiger partial charge in [0.05, 0.1) is 36.2 Å². The molecular formula is C36H34ClF4N3O4. The number of methoxy groups -OCH3 is 1. The van der Waals surface area contributed by atoms with Crippen molar-refractivity contribution in [2.75, 3.05) is 33.3 Å². The standard InChI is InChI=1S/C36H34ClF4N3O4/c1-47-32-17-24(8-12-31(32)48-27-9-10-27)34(45)42-21-35(46,36(39,40)41)33-18-25(16-30(43-33)23-7-11-29(38)28(37)15-23)26-19-44(20-26)14-13-22-5-3-2-4-6-22/h2-8,11-12,15-18,26-27,46H,9-10,13-14,19-21H2,1H3,(H,42,45). The van der Waals surface area contributed by atoms with E-state index in [9.17, 15) is 27.5 Å². The van der Waals surface area contributed by atoms with Crippen molar-refractivity contribution >= 4 is 17.5 Å². The van der Waals surface area contributed by atoms with Crippen LogP contribution in [0.1, 0.15) is 45.9 Å². The molecule has 7 nitrogen and oxygen atoms in total. The minimum atomic E-state index is -5.23. The van der Waals surface area contributed by atoms with Gasteiger partial charge in [-0.15, -0.1) is 0 Å². The molecule has 2 fully saturated rings. The van der Waals surface area contributed by atoms with Crippen molar-refractivity contribution in [2.24, 2.45) is 0 Å². The highest BCUT2D eigenvalue weighted by atomic mass is 35.5. The number of aromatic nitrogens is 1. The van der Waals surface area contributed by atoms with E-state index in [0.717, 1.165) is 31.9 Å². The van der Waals surface area contributed by atoms with E-state index in [4.69, 9.17) is 21.1 Å².